The van der Waals surface area contributed by atoms with Gasteiger partial charge in [0.05, 0.1) is 18.9 Å². The lowest BCUT2D eigenvalue weighted by atomic mass is 9.85. The molecule has 2 aromatic rings. The summed E-state index contributed by atoms with van der Waals surface area (Å²) in [6.07, 6.45) is 5.25. The topological polar surface area (TPSA) is 75.7 Å². The SMILES string of the molecule is COc1cccc(NC(=O)[C@@H](Cc2ccccc2)N2C(=O)[C@@H]3[C@@H](C2=O)[C@H]2C=C[C@@H]3C2)c1. The molecule has 5 atom stereocenters. The molecule has 1 saturated heterocycles. The van der Waals surface area contributed by atoms with Gasteiger partial charge in [-0.25, -0.2) is 0 Å². The Morgan fingerprint density at radius 3 is 2.35 bits per heavy atom. The number of carbonyl (C=O) groups excluding carboxylic acids is 3. The fraction of sp³-hybridized carbons (Fsp3) is 0.320. The fourth-order valence-corrected chi connectivity index (χ4v) is 5.30. The van der Waals surface area contributed by atoms with Crippen molar-refractivity contribution in [2.45, 2.75) is 18.9 Å². The lowest BCUT2D eigenvalue weighted by molar-refractivity contribution is -0.147. The van der Waals surface area contributed by atoms with Crippen molar-refractivity contribution in [3.05, 3.63) is 72.3 Å². The van der Waals surface area contributed by atoms with E-state index in [1.807, 2.05) is 30.3 Å². The molecule has 0 radical (unpaired) electrons. The van der Waals surface area contributed by atoms with Crippen molar-refractivity contribution in [2.24, 2.45) is 23.7 Å². The number of nitrogens with zero attached hydrogens (tertiary/aromatic N) is 1. The van der Waals surface area contributed by atoms with E-state index in [0.717, 1.165) is 12.0 Å². The highest BCUT2D eigenvalue weighted by Gasteiger charge is 2.61. The van der Waals surface area contributed by atoms with Crippen molar-refractivity contribution in [3.8, 4) is 5.75 Å². The number of hydrogen-bond donors (Lipinski definition) is 1. The number of imide groups is 1. The highest BCUT2D eigenvalue weighted by molar-refractivity contribution is 6.11. The van der Waals surface area contributed by atoms with Crippen LogP contribution in [0.25, 0.3) is 0 Å². The van der Waals surface area contributed by atoms with Gasteiger partial charge in [0.2, 0.25) is 17.7 Å². The standard InChI is InChI=1S/C25H24N2O4/c1-31-19-9-5-8-18(14-19)26-23(28)20(12-15-6-3-2-4-7-15)27-24(29)21-16-10-11-17(13-16)22(21)25(27)30/h2-11,14,16-17,20-22H,12-13H2,1H3,(H,26,28)/t16-,17+,20-,21+,22+/m1/s1. The molecule has 0 spiro atoms. The molecule has 0 unspecified atom stereocenters. The van der Waals surface area contributed by atoms with E-state index in [1.54, 1.807) is 31.4 Å². The molecule has 1 N–H and O–H groups in total. The zero-order chi connectivity index (χ0) is 21.5. The van der Waals surface area contributed by atoms with Crippen molar-refractivity contribution in [1.29, 1.82) is 0 Å². The van der Waals surface area contributed by atoms with Crippen molar-refractivity contribution in [1.82, 2.24) is 4.90 Å². The number of benzene rings is 2. The molecule has 3 amide bonds. The summed E-state index contributed by atoms with van der Waals surface area (Å²) in [6, 6.07) is 15.6. The van der Waals surface area contributed by atoms with Crippen LogP contribution in [0.3, 0.4) is 0 Å². The molecule has 31 heavy (non-hydrogen) atoms. The summed E-state index contributed by atoms with van der Waals surface area (Å²) >= 11 is 0. The highest BCUT2D eigenvalue weighted by atomic mass is 16.5. The lowest BCUT2D eigenvalue weighted by Gasteiger charge is -2.27. The van der Waals surface area contributed by atoms with Crippen LogP contribution in [0.1, 0.15) is 12.0 Å². The number of fused-ring (bicyclic) bond motifs is 5. The molecule has 2 fully saturated rings. The van der Waals surface area contributed by atoms with Gasteiger partial charge in [-0.3, -0.25) is 19.3 Å². The fourth-order valence-electron chi connectivity index (χ4n) is 5.30. The molecule has 6 heteroatoms. The number of ether oxygens (including phenoxy) is 1. The summed E-state index contributed by atoms with van der Waals surface area (Å²) in [5, 5.41) is 2.88. The Morgan fingerprint density at radius 1 is 1.03 bits per heavy atom. The molecule has 1 heterocycles. The van der Waals surface area contributed by atoms with Gasteiger partial charge >= 0.3 is 0 Å². The van der Waals surface area contributed by atoms with Crippen LogP contribution in [0.2, 0.25) is 0 Å². The lowest BCUT2D eigenvalue weighted by Crippen LogP contribution is -2.49. The predicted octanol–water partition coefficient (Wildman–Crippen LogP) is 3.05. The molecule has 0 aromatic heterocycles. The van der Waals surface area contributed by atoms with E-state index < -0.39 is 6.04 Å². The number of hydrogen-bond acceptors (Lipinski definition) is 4. The van der Waals surface area contributed by atoms with Crippen molar-refractivity contribution in [3.63, 3.8) is 0 Å². The Labute approximate surface area is 180 Å². The number of amides is 3. The number of methoxy groups -OCH3 is 1. The summed E-state index contributed by atoms with van der Waals surface area (Å²) in [7, 11) is 1.56. The molecular weight excluding hydrogens is 392 g/mol. The maximum absolute atomic E-state index is 13.4. The van der Waals surface area contributed by atoms with E-state index in [4.69, 9.17) is 4.74 Å². The summed E-state index contributed by atoms with van der Waals surface area (Å²) < 4.78 is 5.23. The number of anilines is 1. The first-order valence-corrected chi connectivity index (χ1v) is 10.6. The quantitative estimate of drug-likeness (QED) is 0.580. The number of likely N-dealkylation sites (tertiary alicyclic amines) is 1. The second kappa shape index (κ2) is 7.69. The number of carbonyl (C=O) groups is 3. The number of rotatable bonds is 6. The summed E-state index contributed by atoms with van der Waals surface area (Å²) in [5.41, 5.74) is 1.45. The zero-order valence-electron chi connectivity index (χ0n) is 17.2. The first-order chi connectivity index (χ1) is 15.1. The van der Waals surface area contributed by atoms with Gasteiger partial charge in [0.25, 0.3) is 0 Å². The molecule has 2 bridgehead atoms. The van der Waals surface area contributed by atoms with Crippen LogP contribution >= 0.6 is 0 Å². The maximum atomic E-state index is 13.4. The van der Waals surface area contributed by atoms with E-state index in [9.17, 15) is 14.4 Å². The Kier molecular flexibility index (Phi) is 4.85. The van der Waals surface area contributed by atoms with E-state index in [-0.39, 0.29) is 47.8 Å². The Bertz CT molecular complexity index is 1030. The Balaban J connectivity index is 1.45. The third-order valence-electron chi connectivity index (χ3n) is 6.73. The molecule has 3 aliphatic rings. The van der Waals surface area contributed by atoms with E-state index in [1.165, 1.54) is 4.90 Å². The molecule has 158 valence electrons. The van der Waals surface area contributed by atoms with Gasteiger partial charge < -0.3 is 10.1 Å². The monoisotopic (exact) mass is 416 g/mol. The summed E-state index contributed by atoms with van der Waals surface area (Å²) in [5.74, 6) is -0.634. The van der Waals surface area contributed by atoms with Crippen LogP contribution in [0, 0.1) is 23.7 Å². The van der Waals surface area contributed by atoms with E-state index >= 15 is 0 Å². The summed E-state index contributed by atoms with van der Waals surface area (Å²) in [6.45, 7) is 0. The Morgan fingerprint density at radius 2 is 1.71 bits per heavy atom. The maximum Gasteiger partial charge on any atom is 0.248 e. The summed E-state index contributed by atoms with van der Waals surface area (Å²) in [4.78, 5) is 41.3. The molecule has 1 saturated carbocycles. The molecule has 1 aliphatic heterocycles. The Hall–Kier alpha value is -3.41. The van der Waals surface area contributed by atoms with Gasteiger partial charge in [-0.15, -0.1) is 0 Å². The minimum absolute atomic E-state index is 0.107. The first kappa shape index (κ1) is 19.5. The van der Waals surface area contributed by atoms with E-state index in [0.29, 0.717) is 11.4 Å². The van der Waals surface area contributed by atoms with Gasteiger partial charge in [0.1, 0.15) is 11.8 Å². The zero-order valence-corrected chi connectivity index (χ0v) is 17.2. The molecule has 5 rings (SSSR count). The van der Waals surface area contributed by atoms with Crippen LogP contribution in [-0.4, -0.2) is 35.8 Å². The van der Waals surface area contributed by atoms with Crippen LogP contribution in [0.5, 0.6) is 5.75 Å². The molecule has 2 aliphatic carbocycles. The van der Waals surface area contributed by atoms with Crippen molar-refractivity contribution < 1.29 is 19.1 Å². The van der Waals surface area contributed by atoms with Crippen LogP contribution < -0.4 is 10.1 Å². The van der Waals surface area contributed by atoms with Crippen LogP contribution in [0.15, 0.2) is 66.7 Å². The van der Waals surface area contributed by atoms with Gasteiger partial charge in [-0.2, -0.15) is 0 Å². The van der Waals surface area contributed by atoms with Crippen molar-refractivity contribution >= 4 is 23.4 Å². The third kappa shape index (κ3) is 3.32. The third-order valence-corrected chi connectivity index (χ3v) is 6.73. The molecule has 6 nitrogen and oxygen atoms in total. The van der Waals surface area contributed by atoms with Crippen LogP contribution in [0.4, 0.5) is 5.69 Å². The smallest absolute Gasteiger partial charge is 0.248 e. The average Bonchev–Trinajstić information content (AvgIpc) is 3.47. The second-order valence-corrected chi connectivity index (χ2v) is 8.47. The largest absolute Gasteiger partial charge is 0.497 e. The normalized spacial score (nSPS) is 26.8. The number of allylic oxidation sites excluding steroid dienone is 2. The molecular formula is C25H24N2O4. The second-order valence-electron chi connectivity index (χ2n) is 8.47. The first-order valence-electron chi connectivity index (χ1n) is 10.6. The average molecular weight is 416 g/mol. The van der Waals surface area contributed by atoms with Gasteiger partial charge in [-0.05, 0) is 36.0 Å². The predicted molar refractivity (Wildman–Crippen MR) is 115 cm³/mol. The van der Waals surface area contributed by atoms with Crippen molar-refractivity contribution in [2.75, 3.05) is 12.4 Å². The minimum atomic E-state index is -0.904. The minimum Gasteiger partial charge on any atom is -0.497 e. The van der Waals surface area contributed by atoms with Gasteiger partial charge in [-0.1, -0.05) is 48.6 Å². The molecule has 2 aromatic carbocycles. The highest BCUT2D eigenvalue weighted by Crippen LogP contribution is 2.53. The van der Waals surface area contributed by atoms with Crippen LogP contribution in [-0.2, 0) is 20.8 Å². The van der Waals surface area contributed by atoms with Gasteiger partial charge in [0, 0.05) is 18.2 Å². The van der Waals surface area contributed by atoms with Gasteiger partial charge in [0.15, 0.2) is 0 Å². The van der Waals surface area contributed by atoms with E-state index in [2.05, 4.69) is 17.5 Å². The number of nitrogens with one attached hydrogen (secondary N) is 1.